The third kappa shape index (κ3) is 2.08. The van der Waals surface area contributed by atoms with Crippen molar-refractivity contribution >= 4 is 11.6 Å². The molecule has 0 amide bonds. The van der Waals surface area contributed by atoms with Crippen LogP contribution in [0.4, 0.5) is 11.6 Å². The first-order valence-corrected chi connectivity index (χ1v) is 5.22. The third-order valence-corrected chi connectivity index (χ3v) is 2.19. The first kappa shape index (κ1) is 11.8. The molecular weight excluding hydrogens is 238 g/mol. The van der Waals surface area contributed by atoms with E-state index in [0.29, 0.717) is 6.61 Å². The van der Waals surface area contributed by atoms with Gasteiger partial charge in [0.05, 0.1) is 11.5 Å². The fourth-order valence-corrected chi connectivity index (χ4v) is 1.47. The van der Waals surface area contributed by atoms with E-state index in [9.17, 15) is 10.1 Å². The minimum atomic E-state index is -0.503. The second-order valence-corrected chi connectivity index (χ2v) is 3.34. The molecule has 0 saturated heterocycles. The average Bonchev–Trinajstić information content (AvgIpc) is 2.70. The maximum atomic E-state index is 10.9. The molecule has 1 heterocycles. The van der Waals surface area contributed by atoms with Crippen LogP contribution in [0.2, 0.25) is 0 Å². The fourth-order valence-electron chi connectivity index (χ4n) is 1.47. The van der Waals surface area contributed by atoms with Crippen LogP contribution in [0.25, 0.3) is 5.69 Å². The molecule has 2 aromatic rings. The molecule has 0 radical (unpaired) electrons. The van der Waals surface area contributed by atoms with Crippen molar-refractivity contribution in [2.24, 2.45) is 0 Å². The van der Waals surface area contributed by atoms with Crippen molar-refractivity contribution in [1.29, 1.82) is 0 Å². The summed E-state index contributed by atoms with van der Waals surface area (Å²) in [5, 5.41) is 14.9. The molecule has 1 aromatic heterocycles. The second kappa shape index (κ2) is 4.70. The van der Waals surface area contributed by atoms with Gasteiger partial charge in [-0.25, -0.2) is 0 Å². The summed E-state index contributed by atoms with van der Waals surface area (Å²) >= 11 is 0. The molecule has 2 N–H and O–H groups in total. The number of nitrogens with two attached hydrogens (primary N) is 1. The Kier molecular flexibility index (Phi) is 3.09. The number of hydrogen-bond acceptors (Lipinski definition) is 6. The summed E-state index contributed by atoms with van der Waals surface area (Å²) in [5.41, 5.74) is 5.81. The number of aromatic nitrogens is 3. The van der Waals surface area contributed by atoms with E-state index in [1.807, 2.05) is 0 Å². The van der Waals surface area contributed by atoms with Crippen molar-refractivity contribution in [2.45, 2.75) is 6.92 Å². The van der Waals surface area contributed by atoms with Gasteiger partial charge in [-0.1, -0.05) is 12.1 Å². The number of ether oxygens (including phenoxy) is 1. The van der Waals surface area contributed by atoms with E-state index in [1.54, 1.807) is 25.1 Å². The molecule has 0 bridgehead atoms. The molecule has 94 valence electrons. The van der Waals surface area contributed by atoms with E-state index >= 15 is 0 Å². The van der Waals surface area contributed by atoms with Crippen LogP contribution in [0, 0.1) is 10.1 Å². The first-order chi connectivity index (χ1) is 8.63. The first-order valence-electron chi connectivity index (χ1n) is 5.22. The maximum Gasteiger partial charge on any atom is 0.337 e. The molecule has 0 saturated carbocycles. The molecule has 1 aromatic carbocycles. The molecule has 18 heavy (non-hydrogen) atoms. The Morgan fingerprint density at radius 2 is 2.22 bits per heavy atom. The summed E-state index contributed by atoms with van der Waals surface area (Å²) in [4.78, 5) is 14.3. The van der Waals surface area contributed by atoms with Gasteiger partial charge in [0.1, 0.15) is 5.69 Å². The van der Waals surface area contributed by atoms with E-state index in [-0.39, 0.29) is 23.3 Å². The van der Waals surface area contributed by atoms with Crippen molar-refractivity contribution in [3.63, 3.8) is 0 Å². The van der Waals surface area contributed by atoms with E-state index < -0.39 is 4.92 Å². The SMILES string of the molecule is CCOc1nc(N)n(-c2ccccc2[N+](=O)[O-])n1. The Morgan fingerprint density at radius 3 is 2.89 bits per heavy atom. The molecule has 8 nitrogen and oxygen atoms in total. The van der Waals surface area contributed by atoms with Gasteiger partial charge in [-0.2, -0.15) is 9.67 Å². The summed E-state index contributed by atoms with van der Waals surface area (Å²) in [7, 11) is 0. The van der Waals surface area contributed by atoms with Gasteiger partial charge in [-0.15, -0.1) is 5.10 Å². The summed E-state index contributed by atoms with van der Waals surface area (Å²) < 4.78 is 6.28. The predicted octanol–water partition coefficient (Wildman–Crippen LogP) is 1.16. The normalized spacial score (nSPS) is 10.3. The molecule has 0 aliphatic heterocycles. The van der Waals surface area contributed by atoms with Gasteiger partial charge in [0, 0.05) is 6.07 Å². The summed E-state index contributed by atoms with van der Waals surface area (Å²) in [6.07, 6.45) is 0. The van der Waals surface area contributed by atoms with E-state index in [4.69, 9.17) is 10.5 Å². The van der Waals surface area contributed by atoms with Crippen LogP contribution >= 0.6 is 0 Å². The lowest BCUT2D eigenvalue weighted by Gasteiger charge is -2.02. The number of hydrogen-bond donors (Lipinski definition) is 1. The van der Waals surface area contributed by atoms with Gasteiger partial charge >= 0.3 is 6.01 Å². The van der Waals surface area contributed by atoms with Crippen LogP contribution in [0.5, 0.6) is 6.01 Å². The zero-order valence-corrected chi connectivity index (χ0v) is 9.61. The molecule has 0 aliphatic rings. The minimum Gasteiger partial charge on any atom is -0.463 e. The van der Waals surface area contributed by atoms with Gasteiger partial charge in [0.15, 0.2) is 0 Å². The number of benzene rings is 1. The molecule has 0 fully saturated rings. The molecule has 0 aliphatic carbocycles. The van der Waals surface area contributed by atoms with Crippen molar-refractivity contribution in [1.82, 2.24) is 14.8 Å². The minimum absolute atomic E-state index is 0.0350. The van der Waals surface area contributed by atoms with Crippen molar-refractivity contribution in [3.8, 4) is 11.7 Å². The molecule has 8 heteroatoms. The summed E-state index contributed by atoms with van der Waals surface area (Å²) in [6, 6.07) is 6.23. The van der Waals surface area contributed by atoms with Crippen LogP contribution < -0.4 is 10.5 Å². The van der Waals surface area contributed by atoms with Crippen LogP contribution in [-0.4, -0.2) is 26.3 Å². The van der Waals surface area contributed by atoms with Crippen LogP contribution in [0.1, 0.15) is 6.92 Å². The third-order valence-electron chi connectivity index (χ3n) is 2.19. The predicted molar refractivity (Wildman–Crippen MR) is 63.6 cm³/mol. The monoisotopic (exact) mass is 249 g/mol. The maximum absolute atomic E-state index is 10.9. The number of nitro groups is 1. The Hall–Kier alpha value is -2.64. The zero-order valence-electron chi connectivity index (χ0n) is 9.61. The number of nitrogens with zero attached hydrogens (tertiary/aromatic N) is 4. The molecule has 0 atom stereocenters. The van der Waals surface area contributed by atoms with Crippen molar-refractivity contribution < 1.29 is 9.66 Å². The van der Waals surface area contributed by atoms with Gasteiger partial charge in [0.25, 0.3) is 5.69 Å². The number of anilines is 1. The highest BCUT2D eigenvalue weighted by atomic mass is 16.6. The van der Waals surface area contributed by atoms with Gasteiger partial charge < -0.3 is 10.5 Å². The smallest absolute Gasteiger partial charge is 0.337 e. The number of para-hydroxylation sites is 2. The Morgan fingerprint density at radius 1 is 1.50 bits per heavy atom. The van der Waals surface area contributed by atoms with Crippen molar-refractivity contribution in [3.05, 3.63) is 34.4 Å². The highest BCUT2D eigenvalue weighted by molar-refractivity contribution is 5.54. The highest BCUT2D eigenvalue weighted by Gasteiger charge is 2.18. The Labute approximate surface area is 102 Å². The summed E-state index contributed by atoms with van der Waals surface area (Å²) in [5.74, 6) is 0.0350. The fraction of sp³-hybridized carbons (Fsp3) is 0.200. The highest BCUT2D eigenvalue weighted by Crippen LogP contribution is 2.24. The van der Waals surface area contributed by atoms with Crippen LogP contribution in [0.15, 0.2) is 24.3 Å². The molecule has 0 spiro atoms. The van der Waals surface area contributed by atoms with Crippen LogP contribution in [0.3, 0.4) is 0 Å². The topological polar surface area (TPSA) is 109 Å². The van der Waals surface area contributed by atoms with E-state index in [0.717, 1.165) is 0 Å². The molecule has 2 rings (SSSR count). The van der Waals surface area contributed by atoms with Gasteiger partial charge in [0.2, 0.25) is 5.95 Å². The zero-order chi connectivity index (χ0) is 13.1. The lowest BCUT2D eigenvalue weighted by atomic mass is 10.3. The van der Waals surface area contributed by atoms with E-state index in [2.05, 4.69) is 10.1 Å². The lowest BCUT2D eigenvalue weighted by molar-refractivity contribution is -0.384. The summed E-state index contributed by atoms with van der Waals surface area (Å²) in [6.45, 7) is 2.17. The quantitative estimate of drug-likeness (QED) is 0.643. The Balaban J connectivity index is 2.51. The standard InChI is InChI=1S/C10H11N5O3/c1-2-18-10-12-9(11)14(13-10)7-5-3-4-6-8(7)15(16)17/h3-6H,2H2,1H3,(H2,11,12,13). The largest absolute Gasteiger partial charge is 0.463 e. The van der Waals surface area contributed by atoms with E-state index in [1.165, 1.54) is 10.7 Å². The number of nitro benzene ring substituents is 1. The van der Waals surface area contributed by atoms with Gasteiger partial charge in [-0.3, -0.25) is 10.1 Å². The van der Waals surface area contributed by atoms with Crippen molar-refractivity contribution in [2.75, 3.05) is 12.3 Å². The van der Waals surface area contributed by atoms with Gasteiger partial charge in [-0.05, 0) is 13.0 Å². The second-order valence-electron chi connectivity index (χ2n) is 3.34. The molecular formula is C10H11N5O3. The number of rotatable bonds is 4. The number of nitrogen functional groups attached to an aromatic ring is 1. The average molecular weight is 249 g/mol. The molecule has 0 unspecified atom stereocenters. The van der Waals surface area contributed by atoms with Crippen LogP contribution in [-0.2, 0) is 0 Å². The Bertz CT molecular complexity index is 581. The lowest BCUT2D eigenvalue weighted by Crippen LogP contribution is -2.05.